The van der Waals surface area contributed by atoms with Crippen LogP contribution < -0.4 is 10.1 Å². The van der Waals surface area contributed by atoms with E-state index in [-0.39, 0.29) is 28.9 Å². The maximum Gasteiger partial charge on any atom is 0.277 e. The monoisotopic (exact) mass is 413 g/mol. The highest BCUT2D eigenvalue weighted by Gasteiger charge is 2.30. The van der Waals surface area contributed by atoms with Crippen LogP contribution in [0.1, 0.15) is 42.6 Å². The highest BCUT2D eigenvalue weighted by atomic mass is 32.2. The second-order valence-corrected chi connectivity index (χ2v) is 7.87. The Kier molecular flexibility index (Phi) is 5.80. The van der Waals surface area contributed by atoms with Crippen LogP contribution in [0.2, 0.25) is 0 Å². The standard InChI is InChI=1S/C21H20FN3O3S/c1-13(27-17-11-7-15(22)8-12-17)20-24-25-21(28-20)29-18(14-5-3-2-4-6-14)19(26)23-16-9-10-16/h2-8,11-13,16,18H,9-10H2,1H3,(H,23,26)/t13-,18-/m1/s1. The van der Waals surface area contributed by atoms with Crippen molar-refractivity contribution in [3.63, 3.8) is 0 Å². The maximum absolute atomic E-state index is 13.0. The van der Waals surface area contributed by atoms with Gasteiger partial charge in [-0.1, -0.05) is 30.3 Å². The quantitative estimate of drug-likeness (QED) is 0.550. The minimum Gasteiger partial charge on any atom is -0.481 e. The topological polar surface area (TPSA) is 77.2 Å². The average molecular weight is 413 g/mol. The van der Waals surface area contributed by atoms with Gasteiger partial charge in [0.2, 0.25) is 5.91 Å². The Balaban J connectivity index is 1.46. The van der Waals surface area contributed by atoms with Crippen molar-refractivity contribution in [2.75, 3.05) is 0 Å². The number of carbonyl (C=O) groups excluding carboxylic acids is 1. The van der Waals surface area contributed by atoms with E-state index in [1.807, 2.05) is 30.3 Å². The van der Waals surface area contributed by atoms with Crippen molar-refractivity contribution in [1.29, 1.82) is 0 Å². The molecule has 0 radical (unpaired) electrons. The van der Waals surface area contributed by atoms with E-state index in [1.165, 1.54) is 36.0 Å². The molecule has 150 valence electrons. The molecule has 1 aromatic heterocycles. The zero-order chi connectivity index (χ0) is 20.2. The van der Waals surface area contributed by atoms with Gasteiger partial charge >= 0.3 is 0 Å². The van der Waals surface area contributed by atoms with E-state index in [0.717, 1.165) is 18.4 Å². The lowest BCUT2D eigenvalue weighted by Crippen LogP contribution is -2.29. The van der Waals surface area contributed by atoms with Crippen molar-refractivity contribution in [3.05, 3.63) is 71.9 Å². The molecule has 0 saturated heterocycles. The molecule has 1 saturated carbocycles. The fourth-order valence-corrected chi connectivity index (χ4v) is 3.60. The van der Waals surface area contributed by atoms with Gasteiger partial charge in [0.15, 0.2) is 6.10 Å². The molecule has 8 heteroatoms. The van der Waals surface area contributed by atoms with Crippen molar-refractivity contribution in [2.24, 2.45) is 0 Å². The highest BCUT2D eigenvalue weighted by molar-refractivity contribution is 8.00. The Morgan fingerprint density at radius 1 is 1.17 bits per heavy atom. The molecule has 1 N–H and O–H groups in total. The molecule has 2 aromatic carbocycles. The normalized spacial score (nSPS) is 15.5. The van der Waals surface area contributed by atoms with Gasteiger partial charge in [0.05, 0.1) is 0 Å². The molecule has 0 spiro atoms. The van der Waals surface area contributed by atoms with E-state index >= 15 is 0 Å². The Hall–Kier alpha value is -2.87. The Labute approximate surface area is 171 Å². The number of halogens is 1. The molecule has 0 bridgehead atoms. The fourth-order valence-electron chi connectivity index (χ4n) is 2.71. The highest BCUT2D eigenvalue weighted by Crippen LogP contribution is 2.36. The molecule has 3 aromatic rings. The number of benzene rings is 2. The minimum atomic E-state index is -0.516. The van der Waals surface area contributed by atoms with Gasteiger partial charge in [0.25, 0.3) is 11.1 Å². The lowest BCUT2D eigenvalue weighted by atomic mass is 10.1. The number of rotatable bonds is 8. The predicted octanol–water partition coefficient (Wildman–Crippen LogP) is 4.46. The van der Waals surface area contributed by atoms with Crippen molar-refractivity contribution >= 4 is 17.7 Å². The molecule has 2 atom stereocenters. The lowest BCUT2D eigenvalue weighted by molar-refractivity contribution is -0.120. The fraction of sp³-hybridized carbons (Fsp3) is 0.286. The van der Waals surface area contributed by atoms with Gasteiger partial charge in [0, 0.05) is 6.04 Å². The van der Waals surface area contributed by atoms with E-state index in [0.29, 0.717) is 5.75 Å². The van der Waals surface area contributed by atoms with E-state index < -0.39 is 11.4 Å². The number of carbonyl (C=O) groups is 1. The molecular weight excluding hydrogens is 393 g/mol. The van der Waals surface area contributed by atoms with Crippen LogP contribution in [0.25, 0.3) is 0 Å². The molecule has 1 heterocycles. The maximum atomic E-state index is 13.0. The molecule has 29 heavy (non-hydrogen) atoms. The molecule has 0 unspecified atom stereocenters. The van der Waals surface area contributed by atoms with Crippen LogP contribution in [-0.2, 0) is 4.79 Å². The smallest absolute Gasteiger partial charge is 0.277 e. The SMILES string of the molecule is C[C@@H](Oc1ccc(F)cc1)c1nnc(S[C@@H](C(=O)NC2CC2)c2ccccc2)o1. The lowest BCUT2D eigenvalue weighted by Gasteiger charge is -2.15. The summed E-state index contributed by atoms with van der Waals surface area (Å²) in [6.07, 6.45) is 1.51. The third-order valence-electron chi connectivity index (χ3n) is 4.38. The number of aromatic nitrogens is 2. The molecule has 4 rings (SSSR count). The average Bonchev–Trinajstić information content (AvgIpc) is 3.41. The van der Waals surface area contributed by atoms with Gasteiger partial charge in [-0.25, -0.2) is 4.39 Å². The van der Waals surface area contributed by atoms with Crippen molar-refractivity contribution in [3.8, 4) is 5.75 Å². The Morgan fingerprint density at radius 2 is 1.90 bits per heavy atom. The van der Waals surface area contributed by atoms with Crippen molar-refractivity contribution < 1.29 is 18.3 Å². The summed E-state index contributed by atoms with van der Waals surface area (Å²) in [6.45, 7) is 1.76. The molecule has 6 nitrogen and oxygen atoms in total. The summed E-state index contributed by atoms with van der Waals surface area (Å²) in [4.78, 5) is 12.7. The third kappa shape index (κ3) is 5.14. The Bertz CT molecular complexity index is 961. The van der Waals surface area contributed by atoms with Crippen molar-refractivity contribution in [2.45, 2.75) is 42.4 Å². The number of nitrogens with zero attached hydrogens (tertiary/aromatic N) is 2. The summed E-state index contributed by atoms with van der Waals surface area (Å²) in [5.74, 6) is 0.375. The van der Waals surface area contributed by atoms with Gasteiger partial charge in [-0.2, -0.15) is 0 Å². The molecule has 1 aliphatic carbocycles. The van der Waals surface area contributed by atoms with Crippen LogP contribution in [0, 0.1) is 5.82 Å². The zero-order valence-corrected chi connectivity index (χ0v) is 16.6. The van der Waals surface area contributed by atoms with Crippen LogP contribution in [0.4, 0.5) is 4.39 Å². The third-order valence-corrected chi connectivity index (χ3v) is 5.47. The molecular formula is C21H20FN3O3S. The largest absolute Gasteiger partial charge is 0.481 e. The number of ether oxygens (including phenoxy) is 1. The van der Waals surface area contributed by atoms with Gasteiger partial charge in [-0.3, -0.25) is 4.79 Å². The van der Waals surface area contributed by atoms with Crippen LogP contribution in [0.3, 0.4) is 0 Å². The van der Waals surface area contributed by atoms with Crippen LogP contribution in [-0.4, -0.2) is 22.1 Å². The zero-order valence-electron chi connectivity index (χ0n) is 15.7. The predicted molar refractivity (Wildman–Crippen MR) is 106 cm³/mol. The second kappa shape index (κ2) is 8.65. The first-order chi connectivity index (χ1) is 14.1. The second-order valence-electron chi connectivity index (χ2n) is 6.81. The molecule has 0 aliphatic heterocycles. The number of nitrogens with one attached hydrogen (secondary N) is 1. The van der Waals surface area contributed by atoms with Crippen LogP contribution in [0.15, 0.2) is 64.2 Å². The van der Waals surface area contributed by atoms with E-state index in [9.17, 15) is 9.18 Å². The molecule has 1 fully saturated rings. The minimum absolute atomic E-state index is 0.0703. The van der Waals surface area contributed by atoms with Crippen LogP contribution in [0.5, 0.6) is 5.75 Å². The van der Waals surface area contributed by atoms with Gasteiger partial charge in [-0.15, -0.1) is 10.2 Å². The number of hydrogen-bond acceptors (Lipinski definition) is 6. The van der Waals surface area contributed by atoms with Gasteiger partial charge in [0.1, 0.15) is 16.8 Å². The summed E-state index contributed by atoms with van der Waals surface area (Å²) in [7, 11) is 0. The summed E-state index contributed by atoms with van der Waals surface area (Å²) in [5.41, 5.74) is 0.867. The first kappa shape index (κ1) is 19.4. The first-order valence-electron chi connectivity index (χ1n) is 9.36. The summed E-state index contributed by atoms with van der Waals surface area (Å²) >= 11 is 1.21. The number of thioether (sulfide) groups is 1. The van der Waals surface area contributed by atoms with Crippen molar-refractivity contribution in [1.82, 2.24) is 15.5 Å². The van der Waals surface area contributed by atoms with E-state index in [4.69, 9.17) is 9.15 Å². The first-order valence-corrected chi connectivity index (χ1v) is 10.2. The Morgan fingerprint density at radius 3 is 2.59 bits per heavy atom. The number of amides is 1. The number of hydrogen-bond donors (Lipinski definition) is 1. The summed E-state index contributed by atoms with van der Waals surface area (Å²) in [6, 6.07) is 15.5. The van der Waals surface area contributed by atoms with E-state index in [1.54, 1.807) is 6.92 Å². The molecule has 1 aliphatic rings. The van der Waals surface area contributed by atoms with E-state index in [2.05, 4.69) is 15.5 Å². The molecule has 1 amide bonds. The van der Waals surface area contributed by atoms with Crippen LogP contribution >= 0.6 is 11.8 Å². The van der Waals surface area contributed by atoms with Gasteiger partial charge in [-0.05, 0) is 61.4 Å². The van der Waals surface area contributed by atoms with Gasteiger partial charge < -0.3 is 14.5 Å². The summed E-state index contributed by atoms with van der Waals surface area (Å²) < 4.78 is 24.5. The summed E-state index contributed by atoms with van der Waals surface area (Å²) in [5, 5.41) is 10.9.